The molecule has 0 atom stereocenters. The molecule has 0 saturated carbocycles. The van der Waals surface area contributed by atoms with Crippen molar-refractivity contribution in [2.45, 2.75) is 26.9 Å². The summed E-state index contributed by atoms with van der Waals surface area (Å²) in [5.41, 5.74) is 2.54. The minimum Gasteiger partial charge on any atom is -0.478 e. The average Bonchev–Trinajstić information content (AvgIpc) is 2.88. The number of nitrogens with zero attached hydrogens (tertiary/aromatic N) is 1. The van der Waals surface area contributed by atoms with Crippen LogP contribution in [0.15, 0.2) is 69.9 Å². The molecular formula is C28H24ClNO6. The lowest BCUT2D eigenvalue weighted by molar-refractivity contribution is 0.0526. The highest BCUT2D eigenvalue weighted by molar-refractivity contribution is 6.30. The maximum absolute atomic E-state index is 13.4. The molecule has 0 unspecified atom stereocenters. The fourth-order valence-corrected chi connectivity index (χ4v) is 4.29. The van der Waals surface area contributed by atoms with Crippen molar-refractivity contribution >= 4 is 28.5 Å². The molecule has 4 aromatic rings. The van der Waals surface area contributed by atoms with Crippen LogP contribution in [0, 0.1) is 6.92 Å². The van der Waals surface area contributed by atoms with Gasteiger partial charge >= 0.3 is 5.97 Å². The van der Waals surface area contributed by atoms with Gasteiger partial charge in [-0.05, 0) is 67.9 Å². The molecule has 0 N–H and O–H groups in total. The maximum atomic E-state index is 13.4. The van der Waals surface area contributed by atoms with Gasteiger partial charge < -0.3 is 18.6 Å². The normalized spacial score (nSPS) is 13.2. The first-order chi connectivity index (χ1) is 17.4. The van der Waals surface area contributed by atoms with E-state index in [0.717, 1.165) is 11.1 Å². The van der Waals surface area contributed by atoms with Gasteiger partial charge in [-0.3, -0.25) is 9.69 Å². The standard InChI is InChI=1S/C28H24ClNO6/c1-3-33-28(32)19-6-10-21(11-7-19)36-26-17(2)35-27-22(25(26)31)12-13-24-23(27)15-30(16-34-24)14-18-4-8-20(29)9-5-18/h4-13H,3,14-16H2,1-2H3. The van der Waals surface area contributed by atoms with Gasteiger partial charge in [0, 0.05) is 18.1 Å². The van der Waals surface area contributed by atoms with E-state index >= 15 is 0 Å². The monoisotopic (exact) mass is 505 g/mol. The van der Waals surface area contributed by atoms with E-state index in [-0.39, 0.29) is 11.2 Å². The number of aryl methyl sites for hydroxylation is 1. The SMILES string of the molecule is CCOC(=O)c1ccc(Oc2c(C)oc3c4c(ccc3c2=O)OCN(Cc2ccc(Cl)cc2)C4)cc1. The lowest BCUT2D eigenvalue weighted by Crippen LogP contribution is -2.31. The zero-order valence-electron chi connectivity index (χ0n) is 19.9. The molecule has 0 amide bonds. The summed E-state index contributed by atoms with van der Waals surface area (Å²) in [6.07, 6.45) is 0. The Labute approximate surface area is 212 Å². The molecule has 1 aliphatic rings. The number of carbonyl (C=O) groups excluding carboxylic acids is 1. The van der Waals surface area contributed by atoms with Gasteiger partial charge in [-0.2, -0.15) is 0 Å². The molecule has 0 saturated heterocycles. The summed E-state index contributed by atoms with van der Waals surface area (Å²) in [5.74, 6) is 1.14. The molecule has 7 nitrogen and oxygen atoms in total. The fraction of sp³-hybridized carbons (Fsp3) is 0.214. The molecule has 0 aliphatic carbocycles. The van der Waals surface area contributed by atoms with Gasteiger partial charge in [0.15, 0.2) is 0 Å². The molecule has 2 heterocycles. The number of carbonyl (C=O) groups is 1. The summed E-state index contributed by atoms with van der Waals surface area (Å²) in [5, 5.41) is 1.10. The van der Waals surface area contributed by atoms with E-state index in [1.54, 1.807) is 50.2 Å². The third-order valence-electron chi connectivity index (χ3n) is 5.93. The van der Waals surface area contributed by atoms with Crippen LogP contribution in [-0.4, -0.2) is 24.2 Å². The van der Waals surface area contributed by atoms with Crippen molar-refractivity contribution in [3.8, 4) is 17.2 Å². The second kappa shape index (κ2) is 10.0. The van der Waals surface area contributed by atoms with Crippen molar-refractivity contribution in [2.75, 3.05) is 13.3 Å². The van der Waals surface area contributed by atoms with Crippen molar-refractivity contribution in [3.05, 3.63) is 98.4 Å². The average molecular weight is 506 g/mol. The maximum Gasteiger partial charge on any atom is 0.338 e. The van der Waals surface area contributed by atoms with Gasteiger partial charge in [0.2, 0.25) is 11.2 Å². The molecule has 1 aromatic heterocycles. The Balaban J connectivity index is 1.42. The summed E-state index contributed by atoms with van der Waals surface area (Å²) >= 11 is 6.00. The van der Waals surface area contributed by atoms with E-state index in [9.17, 15) is 9.59 Å². The summed E-state index contributed by atoms with van der Waals surface area (Å²) < 4.78 is 23.0. The van der Waals surface area contributed by atoms with Gasteiger partial charge in [0.1, 0.15) is 29.6 Å². The zero-order chi connectivity index (χ0) is 25.2. The van der Waals surface area contributed by atoms with E-state index in [4.69, 9.17) is 30.2 Å². The van der Waals surface area contributed by atoms with Crippen molar-refractivity contribution in [3.63, 3.8) is 0 Å². The molecule has 0 fully saturated rings. The molecule has 0 bridgehead atoms. The van der Waals surface area contributed by atoms with Crippen LogP contribution in [-0.2, 0) is 17.8 Å². The first-order valence-corrected chi connectivity index (χ1v) is 11.9. The Bertz CT molecular complexity index is 1480. The number of rotatable bonds is 6. The first-order valence-electron chi connectivity index (χ1n) is 11.6. The highest BCUT2D eigenvalue weighted by Crippen LogP contribution is 2.34. The molecule has 5 rings (SSSR count). The topological polar surface area (TPSA) is 78.2 Å². The van der Waals surface area contributed by atoms with Gasteiger partial charge in [0.05, 0.1) is 23.1 Å². The van der Waals surface area contributed by atoms with E-state index in [2.05, 4.69) is 4.90 Å². The number of fused-ring (bicyclic) bond motifs is 3. The minimum atomic E-state index is -0.414. The van der Waals surface area contributed by atoms with E-state index < -0.39 is 5.97 Å². The van der Waals surface area contributed by atoms with E-state index in [1.807, 2.05) is 24.3 Å². The van der Waals surface area contributed by atoms with Crippen molar-refractivity contribution < 1.29 is 23.4 Å². The van der Waals surface area contributed by atoms with Crippen LogP contribution in [0.2, 0.25) is 5.02 Å². The number of benzene rings is 3. The summed E-state index contributed by atoms with van der Waals surface area (Å²) in [6.45, 7) is 5.39. The lowest BCUT2D eigenvalue weighted by Gasteiger charge is -2.29. The summed E-state index contributed by atoms with van der Waals surface area (Å²) in [4.78, 5) is 27.4. The summed E-state index contributed by atoms with van der Waals surface area (Å²) in [6, 6.07) is 17.6. The van der Waals surface area contributed by atoms with Crippen LogP contribution in [0.5, 0.6) is 17.2 Å². The van der Waals surface area contributed by atoms with E-state index in [1.165, 1.54) is 0 Å². The number of hydrogen-bond donors (Lipinski definition) is 0. The van der Waals surface area contributed by atoms with Crippen LogP contribution in [0.25, 0.3) is 11.0 Å². The predicted molar refractivity (Wildman–Crippen MR) is 136 cm³/mol. The van der Waals surface area contributed by atoms with Gasteiger partial charge in [-0.1, -0.05) is 23.7 Å². The van der Waals surface area contributed by atoms with Gasteiger partial charge in [-0.25, -0.2) is 4.79 Å². The molecule has 36 heavy (non-hydrogen) atoms. The molecular weight excluding hydrogens is 482 g/mol. The Kier molecular flexibility index (Phi) is 6.67. The molecule has 8 heteroatoms. The third-order valence-corrected chi connectivity index (χ3v) is 6.18. The highest BCUT2D eigenvalue weighted by atomic mass is 35.5. The Morgan fingerprint density at radius 3 is 2.53 bits per heavy atom. The second-order valence-electron chi connectivity index (χ2n) is 8.47. The Hall–Kier alpha value is -3.81. The lowest BCUT2D eigenvalue weighted by atomic mass is 10.1. The largest absolute Gasteiger partial charge is 0.478 e. The first kappa shape index (κ1) is 23.9. The molecule has 1 aliphatic heterocycles. The van der Waals surface area contributed by atoms with Crippen molar-refractivity contribution in [1.29, 1.82) is 0 Å². The van der Waals surface area contributed by atoms with Crippen molar-refractivity contribution in [1.82, 2.24) is 4.90 Å². The van der Waals surface area contributed by atoms with Crippen LogP contribution in [0.4, 0.5) is 0 Å². The van der Waals surface area contributed by atoms with Crippen LogP contribution < -0.4 is 14.9 Å². The second-order valence-corrected chi connectivity index (χ2v) is 8.91. The van der Waals surface area contributed by atoms with Crippen LogP contribution in [0.1, 0.15) is 34.2 Å². The number of hydrogen-bond acceptors (Lipinski definition) is 7. The Morgan fingerprint density at radius 1 is 1.06 bits per heavy atom. The Morgan fingerprint density at radius 2 is 1.81 bits per heavy atom. The predicted octanol–water partition coefficient (Wildman–Crippen LogP) is 6.08. The van der Waals surface area contributed by atoms with Gasteiger partial charge in [0.25, 0.3) is 0 Å². The molecule has 0 radical (unpaired) electrons. The number of esters is 1. The smallest absolute Gasteiger partial charge is 0.338 e. The number of ether oxygens (including phenoxy) is 3. The number of halogens is 1. The molecule has 3 aromatic carbocycles. The zero-order valence-corrected chi connectivity index (χ0v) is 20.6. The summed E-state index contributed by atoms with van der Waals surface area (Å²) in [7, 11) is 0. The quantitative estimate of drug-likeness (QED) is 0.294. The van der Waals surface area contributed by atoms with Gasteiger partial charge in [-0.15, -0.1) is 0 Å². The molecule has 184 valence electrons. The van der Waals surface area contributed by atoms with Crippen LogP contribution in [0.3, 0.4) is 0 Å². The fourth-order valence-electron chi connectivity index (χ4n) is 4.16. The molecule has 0 spiro atoms. The van der Waals surface area contributed by atoms with Crippen molar-refractivity contribution in [2.24, 2.45) is 0 Å². The van der Waals surface area contributed by atoms with E-state index in [0.29, 0.717) is 65.2 Å². The van der Waals surface area contributed by atoms with Crippen LogP contribution >= 0.6 is 11.6 Å². The third kappa shape index (κ3) is 4.80. The minimum absolute atomic E-state index is 0.0982. The highest BCUT2D eigenvalue weighted by Gasteiger charge is 2.24.